The predicted molar refractivity (Wildman–Crippen MR) is 292 cm³/mol. The fraction of sp³-hybridized carbons (Fsp3) is 0. The Balaban J connectivity index is 0.974. The Morgan fingerprint density at radius 1 is 0.304 bits per heavy atom. The van der Waals surface area contributed by atoms with E-state index in [1.807, 2.05) is 11.3 Å². The molecule has 13 aromatic rings. The molecular formula is C63H42N4SSi. The van der Waals surface area contributed by atoms with Crippen LogP contribution >= 0.6 is 11.3 Å². The lowest BCUT2D eigenvalue weighted by Crippen LogP contribution is -2.74. The van der Waals surface area contributed by atoms with Crippen molar-refractivity contribution >= 4 is 82.1 Å². The van der Waals surface area contributed by atoms with Gasteiger partial charge in [0.15, 0.2) is 25.5 Å². The topological polar surface area (TPSA) is 43.6 Å². The van der Waals surface area contributed by atoms with Crippen LogP contribution < -0.4 is 20.7 Å². The highest BCUT2D eigenvalue weighted by Crippen LogP contribution is 2.39. The molecule has 0 radical (unpaired) electrons. The minimum absolute atomic E-state index is 0.615. The van der Waals surface area contributed by atoms with Crippen LogP contribution in [0.2, 0.25) is 0 Å². The molecule has 0 fully saturated rings. The summed E-state index contributed by atoms with van der Waals surface area (Å²) in [5.41, 5.74) is 8.39. The number of nitrogens with zero attached hydrogens (tertiary/aromatic N) is 4. The van der Waals surface area contributed by atoms with Crippen LogP contribution in [0.1, 0.15) is 0 Å². The quantitative estimate of drug-likeness (QED) is 0.107. The predicted octanol–water partition coefficient (Wildman–Crippen LogP) is 13.4. The fourth-order valence-corrected chi connectivity index (χ4v) is 16.4. The van der Waals surface area contributed by atoms with E-state index in [0.717, 1.165) is 33.5 Å². The third-order valence-corrected chi connectivity index (χ3v) is 19.6. The molecular weight excluding hydrogens is 873 g/mol. The molecule has 0 aliphatic heterocycles. The van der Waals surface area contributed by atoms with E-state index in [9.17, 15) is 0 Å². The Bertz CT molecular complexity index is 3850. The van der Waals surface area contributed by atoms with Crippen LogP contribution in [0.3, 0.4) is 0 Å². The zero-order valence-electron chi connectivity index (χ0n) is 37.4. The molecule has 3 heterocycles. The van der Waals surface area contributed by atoms with Crippen molar-refractivity contribution in [2.75, 3.05) is 0 Å². The summed E-state index contributed by atoms with van der Waals surface area (Å²) >= 11 is 1.83. The molecule has 0 bridgehead atoms. The van der Waals surface area contributed by atoms with Gasteiger partial charge in [-0.15, -0.1) is 11.3 Å². The Labute approximate surface area is 405 Å². The summed E-state index contributed by atoms with van der Waals surface area (Å²) in [6, 6.07) is 92.0. The lowest BCUT2D eigenvalue weighted by Gasteiger charge is -2.34. The number of aromatic nitrogens is 4. The maximum Gasteiger partial charge on any atom is 0.179 e. The first-order valence-electron chi connectivity index (χ1n) is 23.3. The number of fused-ring (bicyclic) bond motifs is 6. The second kappa shape index (κ2) is 17.0. The number of para-hydroxylation sites is 2. The van der Waals surface area contributed by atoms with Gasteiger partial charge < -0.3 is 4.57 Å². The Kier molecular flexibility index (Phi) is 10.00. The summed E-state index contributed by atoms with van der Waals surface area (Å²) in [4.78, 5) is 16.0. The molecule has 3 aromatic heterocycles. The first-order chi connectivity index (χ1) is 34.2. The van der Waals surface area contributed by atoms with E-state index in [1.165, 1.54) is 62.7 Å². The van der Waals surface area contributed by atoms with Crippen LogP contribution in [0, 0.1) is 0 Å². The number of hydrogen-bond donors (Lipinski definition) is 0. The van der Waals surface area contributed by atoms with Gasteiger partial charge in [0.1, 0.15) is 0 Å². The molecule has 0 unspecified atom stereocenters. The Morgan fingerprint density at radius 3 is 1.30 bits per heavy atom. The number of rotatable bonds is 9. The molecule has 0 amide bonds. The second-order valence-electron chi connectivity index (χ2n) is 17.5. The van der Waals surface area contributed by atoms with Crippen molar-refractivity contribution in [1.29, 1.82) is 0 Å². The van der Waals surface area contributed by atoms with Crippen LogP contribution in [0.25, 0.3) is 93.0 Å². The summed E-state index contributed by atoms with van der Waals surface area (Å²) in [6.45, 7) is 0. The van der Waals surface area contributed by atoms with Crippen LogP contribution in [-0.4, -0.2) is 27.6 Å². The molecule has 0 aliphatic rings. The van der Waals surface area contributed by atoms with E-state index in [2.05, 4.69) is 259 Å². The standard InChI is InChI=1S/C63H42N4SSi/c1-4-18-47(19-5-1)69(48-20-6-2-7-21-48,49-22-8-3-9-23-49)50-39-34-44(35-40-50)62-64-61(43-32-37-46(38-33-43)67-57-29-15-12-25-52(57)53-26-13-16-30-58(53)67)65-63(66-62)56-28-11-10-24-51(56)45-36-41-55-54-27-14-17-31-59(54)68-60(55)42-45/h1-42H. The van der Waals surface area contributed by atoms with E-state index in [-0.39, 0.29) is 0 Å². The van der Waals surface area contributed by atoms with Gasteiger partial charge in [0.05, 0.1) is 11.0 Å². The molecule has 0 aliphatic carbocycles. The Morgan fingerprint density at radius 2 is 0.725 bits per heavy atom. The lowest BCUT2D eigenvalue weighted by atomic mass is 9.98. The largest absolute Gasteiger partial charge is 0.309 e. The van der Waals surface area contributed by atoms with E-state index in [0.29, 0.717) is 17.5 Å². The first-order valence-corrected chi connectivity index (χ1v) is 26.2. The number of thiophene rings is 1. The zero-order chi connectivity index (χ0) is 45.7. The molecule has 324 valence electrons. The van der Waals surface area contributed by atoms with Crippen LogP contribution in [0.5, 0.6) is 0 Å². The SMILES string of the molecule is c1ccc([Si](c2ccccc2)(c2ccccc2)c2ccc(-c3nc(-c4ccc(-n5c6ccccc6c6ccccc65)cc4)nc(-c4ccccc4-c4ccc5c(c4)sc4ccccc45)n3)cc2)cc1. The zero-order valence-corrected chi connectivity index (χ0v) is 39.3. The van der Waals surface area contributed by atoms with Gasteiger partial charge in [-0.1, -0.05) is 206 Å². The van der Waals surface area contributed by atoms with Gasteiger partial charge >= 0.3 is 0 Å². The van der Waals surface area contributed by atoms with Crippen molar-refractivity contribution in [2.45, 2.75) is 0 Å². The molecule has 0 atom stereocenters. The van der Waals surface area contributed by atoms with E-state index in [1.54, 1.807) is 0 Å². The monoisotopic (exact) mass is 914 g/mol. The normalized spacial score (nSPS) is 11.8. The molecule has 0 saturated carbocycles. The maximum absolute atomic E-state index is 5.36. The average molecular weight is 915 g/mol. The number of benzene rings is 10. The van der Waals surface area contributed by atoms with Crippen molar-refractivity contribution < 1.29 is 0 Å². The van der Waals surface area contributed by atoms with Crippen molar-refractivity contribution in [3.63, 3.8) is 0 Å². The average Bonchev–Trinajstić information content (AvgIpc) is 3.98. The number of hydrogen-bond acceptors (Lipinski definition) is 4. The van der Waals surface area contributed by atoms with Gasteiger partial charge in [-0.3, -0.25) is 0 Å². The van der Waals surface area contributed by atoms with Gasteiger partial charge in [-0.05, 0) is 80.4 Å². The van der Waals surface area contributed by atoms with Gasteiger partial charge in [0.25, 0.3) is 0 Å². The van der Waals surface area contributed by atoms with Crippen LogP contribution in [-0.2, 0) is 0 Å². The Hall–Kier alpha value is -8.55. The molecule has 10 aromatic carbocycles. The van der Waals surface area contributed by atoms with E-state index < -0.39 is 8.07 Å². The minimum atomic E-state index is -2.74. The van der Waals surface area contributed by atoms with Gasteiger partial charge in [0.2, 0.25) is 0 Å². The van der Waals surface area contributed by atoms with Crippen molar-refractivity contribution in [3.8, 4) is 51.0 Å². The third-order valence-electron chi connectivity index (χ3n) is 13.7. The van der Waals surface area contributed by atoms with Gasteiger partial charge in [0, 0.05) is 53.3 Å². The summed E-state index contributed by atoms with van der Waals surface area (Å²) in [6.07, 6.45) is 0. The molecule has 0 N–H and O–H groups in total. The van der Waals surface area contributed by atoms with Crippen LogP contribution in [0.4, 0.5) is 0 Å². The smallest absolute Gasteiger partial charge is 0.179 e. The fourth-order valence-electron chi connectivity index (χ4n) is 10.5. The highest BCUT2D eigenvalue weighted by molar-refractivity contribution is 7.25. The molecule has 0 spiro atoms. The molecule has 6 heteroatoms. The molecule has 69 heavy (non-hydrogen) atoms. The van der Waals surface area contributed by atoms with Crippen molar-refractivity contribution in [2.24, 2.45) is 0 Å². The molecule has 4 nitrogen and oxygen atoms in total. The first kappa shape index (κ1) is 40.7. The van der Waals surface area contributed by atoms with Crippen molar-refractivity contribution in [3.05, 3.63) is 255 Å². The highest BCUT2D eigenvalue weighted by Gasteiger charge is 2.41. The minimum Gasteiger partial charge on any atom is -0.309 e. The maximum atomic E-state index is 5.36. The summed E-state index contributed by atoms with van der Waals surface area (Å²) in [5.74, 6) is 1.86. The van der Waals surface area contributed by atoms with Crippen LogP contribution in [0.15, 0.2) is 255 Å². The summed E-state index contributed by atoms with van der Waals surface area (Å²) < 4.78 is 4.88. The third kappa shape index (κ3) is 6.91. The summed E-state index contributed by atoms with van der Waals surface area (Å²) in [5, 5.41) is 10.3. The van der Waals surface area contributed by atoms with Crippen molar-refractivity contribution in [1.82, 2.24) is 19.5 Å². The lowest BCUT2D eigenvalue weighted by molar-refractivity contribution is 1.07. The molecule has 13 rings (SSSR count). The second-order valence-corrected chi connectivity index (χ2v) is 22.4. The van der Waals surface area contributed by atoms with Gasteiger partial charge in [-0.2, -0.15) is 0 Å². The van der Waals surface area contributed by atoms with Gasteiger partial charge in [-0.25, -0.2) is 15.0 Å². The van der Waals surface area contributed by atoms with E-state index >= 15 is 0 Å². The van der Waals surface area contributed by atoms with E-state index in [4.69, 9.17) is 15.0 Å². The molecule has 0 saturated heterocycles. The highest BCUT2D eigenvalue weighted by atomic mass is 32.1. The summed E-state index contributed by atoms with van der Waals surface area (Å²) in [7, 11) is -2.74.